The molecule has 8 aromatic rings. The van der Waals surface area contributed by atoms with E-state index < -0.39 is 0 Å². The number of furan rings is 2. The van der Waals surface area contributed by atoms with E-state index in [-0.39, 0.29) is 31.9 Å². The van der Waals surface area contributed by atoms with Gasteiger partial charge in [0.05, 0.1) is 22.6 Å². The van der Waals surface area contributed by atoms with Crippen LogP contribution in [0.3, 0.4) is 0 Å². The van der Waals surface area contributed by atoms with E-state index in [0.717, 1.165) is 88.9 Å². The minimum atomic E-state index is -0.105. The van der Waals surface area contributed by atoms with Gasteiger partial charge in [-0.15, -0.1) is 35.4 Å². The van der Waals surface area contributed by atoms with Crippen LogP contribution in [0.2, 0.25) is 0 Å². The zero-order valence-corrected chi connectivity index (χ0v) is 30.0. The molecule has 0 saturated heterocycles. The molecule has 0 unspecified atom stereocenters. The molecular weight excluding hydrogens is 776 g/mol. The van der Waals surface area contributed by atoms with E-state index in [4.69, 9.17) is 28.8 Å². The zero-order chi connectivity index (χ0) is 32.5. The fourth-order valence-electron chi connectivity index (χ4n) is 6.09. The number of fused-ring (bicyclic) bond motifs is 6. The topological polar surface area (TPSA) is 77.8 Å². The van der Waals surface area contributed by atoms with Crippen LogP contribution in [0.15, 0.2) is 94.3 Å². The molecule has 4 aromatic carbocycles. The maximum absolute atomic E-state index is 6.41. The first-order valence-electron chi connectivity index (χ1n) is 15.9. The second-order valence-electron chi connectivity index (χ2n) is 14.3. The van der Waals surface area contributed by atoms with E-state index in [1.54, 1.807) is 0 Å². The maximum Gasteiger partial charge on any atom is 2.00 e. The Balaban J connectivity index is 0.00000364. The number of rotatable bonds is 4. The van der Waals surface area contributed by atoms with Crippen LogP contribution in [-0.2, 0) is 38.3 Å². The van der Waals surface area contributed by atoms with Crippen LogP contribution >= 0.6 is 0 Å². The molecule has 0 fully saturated rings. The zero-order valence-electron chi connectivity index (χ0n) is 27.7. The van der Waals surface area contributed by atoms with Crippen LogP contribution in [0.5, 0.6) is 0 Å². The van der Waals surface area contributed by atoms with E-state index in [2.05, 4.69) is 77.9 Å². The first kappa shape index (κ1) is 31.9. The Labute approximate surface area is 293 Å². The Morgan fingerprint density at radius 2 is 0.958 bits per heavy atom. The molecule has 7 heteroatoms. The predicted octanol–water partition coefficient (Wildman–Crippen LogP) is 10.2. The molecule has 4 heterocycles. The summed E-state index contributed by atoms with van der Waals surface area (Å²) in [4.78, 5) is 19.2. The maximum atomic E-state index is 6.41. The normalized spacial score (nSPS) is 12.3. The predicted molar refractivity (Wildman–Crippen MR) is 187 cm³/mol. The van der Waals surface area contributed by atoms with Gasteiger partial charge < -0.3 is 18.8 Å². The summed E-state index contributed by atoms with van der Waals surface area (Å²) >= 11 is 0. The van der Waals surface area contributed by atoms with E-state index >= 15 is 0 Å². The van der Waals surface area contributed by atoms with Crippen LogP contribution in [-0.4, -0.2) is 19.9 Å². The van der Waals surface area contributed by atoms with Crippen molar-refractivity contribution >= 4 is 43.9 Å². The largest absolute Gasteiger partial charge is 2.00 e. The average Bonchev–Trinajstić information content (AvgIpc) is 3.62. The molecule has 0 aliphatic heterocycles. The smallest absolute Gasteiger partial charge is 0.501 e. The summed E-state index contributed by atoms with van der Waals surface area (Å²) in [5, 5.41) is 4.14. The third kappa shape index (κ3) is 5.62. The van der Waals surface area contributed by atoms with Crippen LogP contribution in [0.1, 0.15) is 64.1 Å². The third-order valence-electron chi connectivity index (χ3n) is 8.66. The third-order valence-corrected chi connectivity index (χ3v) is 8.66. The first-order valence-corrected chi connectivity index (χ1v) is 15.9. The average molecular weight is 810 g/mol. The molecule has 4 aromatic heterocycles. The van der Waals surface area contributed by atoms with Gasteiger partial charge in [0.25, 0.3) is 0 Å². The molecule has 0 bridgehead atoms. The molecule has 0 aliphatic carbocycles. The first-order chi connectivity index (χ1) is 22.5. The molecule has 8 rings (SSSR count). The van der Waals surface area contributed by atoms with Gasteiger partial charge in [0.15, 0.2) is 0 Å². The molecule has 0 N–H and O–H groups in total. The van der Waals surface area contributed by atoms with Crippen LogP contribution in [0.4, 0.5) is 0 Å². The summed E-state index contributed by atoms with van der Waals surface area (Å²) in [5.74, 6) is 0. The van der Waals surface area contributed by atoms with Crippen LogP contribution in [0, 0.1) is 12.1 Å². The van der Waals surface area contributed by atoms with Gasteiger partial charge in [-0.25, -0.2) is 0 Å². The van der Waals surface area contributed by atoms with E-state index in [0.29, 0.717) is 6.42 Å². The quantitative estimate of drug-likeness (QED) is 0.165. The van der Waals surface area contributed by atoms with Gasteiger partial charge in [-0.1, -0.05) is 99.8 Å². The Morgan fingerprint density at radius 1 is 0.542 bits per heavy atom. The van der Waals surface area contributed by atoms with Crippen LogP contribution < -0.4 is 0 Å². The van der Waals surface area contributed by atoms with E-state index in [9.17, 15) is 0 Å². The van der Waals surface area contributed by atoms with Gasteiger partial charge in [-0.2, -0.15) is 0 Å². The minimum Gasteiger partial charge on any atom is -0.501 e. The molecular formula is C41H34N4O2Pt. The fraction of sp³-hybridized carbons (Fsp3) is 0.220. The Kier molecular flexibility index (Phi) is 7.83. The number of benzene rings is 4. The summed E-state index contributed by atoms with van der Waals surface area (Å²) in [7, 11) is 0. The number of hydrogen-bond donors (Lipinski definition) is 0. The summed E-state index contributed by atoms with van der Waals surface area (Å²) in [6, 6.07) is 27.9. The monoisotopic (exact) mass is 809 g/mol. The molecule has 0 aliphatic rings. The van der Waals surface area contributed by atoms with Crippen molar-refractivity contribution in [2.45, 2.75) is 58.8 Å². The number of aromatic nitrogens is 4. The molecule has 6 nitrogen and oxygen atoms in total. The fourth-order valence-corrected chi connectivity index (χ4v) is 6.09. The summed E-state index contributed by atoms with van der Waals surface area (Å²) in [6.07, 6.45) is 7.95. The number of hydrogen-bond acceptors (Lipinski definition) is 6. The Hall–Kier alpha value is -4.67. The van der Waals surface area contributed by atoms with Crippen molar-refractivity contribution in [1.29, 1.82) is 0 Å². The molecule has 48 heavy (non-hydrogen) atoms. The van der Waals surface area contributed by atoms with Crippen molar-refractivity contribution in [2.24, 2.45) is 0 Å². The second kappa shape index (κ2) is 11.8. The van der Waals surface area contributed by atoms with Crippen molar-refractivity contribution < 1.29 is 29.9 Å². The molecule has 0 saturated carbocycles. The van der Waals surface area contributed by atoms with Gasteiger partial charge in [0, 0.05) is 57.8 Å². The van der Waals surface area contributed by atoms with Crippen molar-refractivity contribution in [3.05, 3.63) is 120 Å². The van der Waals surface area contributed by atoms with Crippen molar-refractivity contribution in [2.75, 3.05) is 0 Å². The second-order valence-corrected chi connectivity index (χ2v) is 14.3. The van der Waals surface area contributed by atoms with Crippen molar-refractivity contribution in [3.63, 3.8) is 0 Å². The summed E-state index contributed by atoms with van der Waals surface area (Å²) in [5.41, 5.74) is 9.81. The van der Waals surface area contributed by atoms with Crippen molar-refractivity contribution in [1.82, 2.24) is 19.9 Å². The molecule has 0 amide bonds. The number of nitrogens with zero attached hydrogens (tertiary/aromatic N) is 4. The molecule has 0 atom stereocenters. The van der Waals surface area contributed by atoms with Crippen molar-refractivity contribution in [3.8, 4) is 22.5 Å². The minimum absolute atomic E-state index is 0. The molecule has 240 valence electrons. The van der Waals surface area contributed by atoms with Gasteiger partial charge in [-0.05, 0) is 18.6 Å². The standard InChI is InChI=1S/C41H34N4O2.Pt/c1-40(2,3)36-22-42-32(20-44-36)30-18-24(16-28-26-11-7-9-13-34(26)46-38(28)30)15-25-17-29-27-12-8-10-14-35(27)47-39(29)31(19-25)33-21-45-37(23-43-33)41(4,5)6;/h7-14,16-17,20-23H,15H2,1-6H3;/q-2;+2. The van der Waals surface area contributed by atoms with Gasteiger partial charge in [0.1, 0.15) is 11.2 Å². The Morgan fingerprint density at radius 3 is 1.33 bits per heavy atom. The van der Waals surface area contributed by atoms with E-state index in [1.807, 2.05) is 61.2 Å². The summed E-state index contributed by atoms with van der Waals surface area (Å²) in [6.45, 7) is 12.8. The number of para-hydroxylation sites is 2. The Bertz CT molecular complexity index is 2270. The van der Waals surface area contributed by atoms with Gasteiger partial charge in [0.2, 0.25) is 0 Å². The van der Waals surface area contributed by atoms with Gasteiger partial charge in [-0.3, -0.25) is 9.97 Å². The van der Waals surface area contributed by atoms with Crippen LogP contribution in [0.25, 0.3) is 66.4 Å². The SMILES string of the molecule is CC(C)(C)c1cnc(-c2[c-]c(Cc3[c-]c(-c4cnc(C(C)(C)C)cn4)c4oc5ccccc5c4c3)cc3c2oc2ccccc23)cn1.[Pt+2]. The molecule has 0 radical (unpaired) electrons. The van der Waals surface area contributed by atoms with E-state index in [1.165, 1.54) is 0 Å². The molecule has 0 spiro atoms. The summed E-state index contributed by atoms with van der Waals surface area (Å²) < 4.78 is 12.8. The van der Waals surface area contributed by atoms with Gasteiger partial charge >= 0.3 is 21.1 Å².